The molecule has 0 aromatic carbocycles. The lowest BCUT2D eigenvalue weighted by Crippen LogP contribution is -2.66. The van der Waals surface area contributed by atoms with Crippen molar-refractivity contribution in [3.05, 3.63) is 0 Å². The molecule has 4 aliphatic carbocycles. The maximum atomic E-state index is 13.0. The molecule has 0 aromatic rings. The van der Waals surface area contributed by atoms with Gasteiger partial charge in [0.15, 0.2) is 5.60 Å². The first-order valence-electron chi connectivity index (χ1n) is 10.2. The van der Waals surface area contributed by atoms with Crippen molar-refractivity contribution in [2.45, 2.75) is 83.8 Å². The van der Waals surface area contributed by atoms with Gasteiger partial charge in [0.05, 0.1) is 0 Å². The smallest absolute Gasteiger partial charge is 0.376 e. The molecule has 0 spiro atoms. The molecule has 7 heteroatoms. The molecule has 0 radical (unpaired) electrons. The van der Waals surface area contributed by atoms with Crippen LogP contribution in [0.25, 0.3) is 0 Å². The van der Waals surface area contributed by atoms with E-state index in [1.807, 2.05) is 0 Å². The molecular weight excluding hydrogens is 370 g/mol. The van der Waals surface area contributed by atoms with Crippen molar-refractivity contribution in [1.82, 2.24) is 0 Å². The lowest BCUT2D eigenvalue weighted by Gasteiger charge is -2.64. The average Bonchev–Trinajstić information content (AvgIpc) is 2.53. The predicted molar refractivity (Wildman–Crippen MR) is 97.5 cm³/mol. The zero-order chi connectivity index (χ0) is 21.1. The van der Waals surface area contributed by atoms with E-state index in [9.17, 15) is 23.5 Å². The third-order valence-corrected chi connectivity index (χ3v) is 7.07. The highest BCUT2D eigenvalue weighted by Crippen LogP contribution is 2.64. The minimum absolute atomic E-state index is 0.228. The Morgan fingerprint density at radius 3 is 1.79 bits per heavy atom. The standard InChI is InChI=1S/C21H32F2O5/c1-18(2,3)21(14-7-12-6-13(9-14)10-15(21)8-12)28-16(24)19(4,26)11-27-17(25)20(5,22)23/h12-15,26H,6-11H2,1-5H3. The average molecular weight is 402 g/mol. The molecule has 1 unspecified atom stereocenters. The molecule has 0 saturated heterocycles. The number of carbonyl (C=O) groups is 2. The summed E-state index contributed by atoms with van der Waals surface area (Å²) in [5.74, 6) is -4.58. The Morgan fingerprint density at radius 2 is 1.39 bits per heavy atom. The summed E-state index contributed by atoms with van der Waals surface area (Å²) in [6.45, 7) is 6.84. The van der Waals surface area contributed by atoms with Gasteiger partial charge in [0.2, 0.25) is 0 Å². The zero-order valence-electron chi connectivity index (χ0n) is 17.4. The molecule has 28 heavy (non-hydrogen) atoms. The van der Waals surface area contributed by atoms with E-state index in [2.05, 4.69) is 25.5 Å². The molecular formula is C21H32F2O5. The Balaban J connectivity index is 1.79. The molecule has 0 amide bonds. The van der Waals surface area contributed by atoms with Crippen LogP contribution in [0.4, 0.5) is 8.78 Å². The second kappa shape index (κ2) is 6.64. The van der Waals surface area contributed by atoms with Gasteiger partial charge in [-0.25, -0.2) is 9.59 Å². The normalized spacial score (nSPS) is 36.7. The van der Waals surface area contributed by atoms with Crippen molar-refractivity contribution in [3.8, 4) is 0 Å². The summed E-state index contributed by atoms with van der Waals surface area (Å²) in [5, 5.41) is 10.5. The number of carbonyl (C=O) groups excluding carboxylic acids is 2. The Morgan fingerprint density at radius 1 is 0.929 bits per heavy atom. The van der Waals surface area contributed by atoms with E-state index in [4.69, 9.17) is 4.74 Å². The van der Waals surface area contributed by atoms with Crippen molar-refractivity contribution in [2.75, 3.05) is 6.61 Å². The van der Waals surface area contributed by atoms with Crippen LogP contribution in [0.3, 0.4) is 0 Å². The van der Waals surface area contributed by atoms with Gasteiger partial charge in [-0.1, -0.05) is 20.8 Å². The van der Waals surface area contributed by atoms with Crippen LogP contribution in [0.2, 0.25) is 0 Å². The quantitative estimate of drug-likeness (QED) is 0.710. The molecule has 0 heterocycles. The lowest BCUT2D eigenvalue weighted by molar-refractivity contribution is -0.256. The summed E-state index contributed by atoms with van der Waals surface area (Å²) in [7, 11) is 0. The van der Waals surface area contributed by atoms with E-state index in [0.717, 1.165) is 32.6 Å². The van der Waals surface area contributed by atoms with Gasteiger partial charge in [-0.05, 0) is 50.9 Å². The van der Waals surface area contributed by atoms with Gasteiger partial charge in [-0.2, -0.15) is 8.78 Å². The van der Waals surface area contributed by atoms with Crippen LogP contribution in [-0.4, -0.2) is 40.8 Å². The van der Waals surface area contributed by atoms with Crippen LogP contribution in [0, 0.1) is 29.1 Å². The fourth-order valence-electron chi connectivity index (χ4n) is 6.08. The summed E-state index contributed by atoms with van der Waals surface area (Å²) >= 11 is 0. The highest BCUT2D eigenvalue weighted by molar-refractivity contribution is 5.81. The largest absolute Gasteiger partial charge is 0.458 e. The Labute approximate surface area is 165 Å². The van der Waals surface area contributed by atoms with Gasteiger partial charge in [-0.15, -0.1) is 0 Å². The third-order valence-electron chi connectivity index (χ3n) is 7.07. The van der Waals surface area contributed by atoms with Crippen LogP contribution in [0.15, 0.2) is 0 Å². The molecule has 5 nitrogen and oxygen atoms in total. The van der Waals surface area contributed by atoms with E-state index in [1.54, 1.807) is 0 Å². The molecule has 0 aromatic heterocycles. The minimum atomic E-state index is -3.69. The van der Waals surface area contributed by atoms with E-state index in [0.29, 0.717) is 18.8 Å². The number of ether oxygens (including phenoxy) is 2. The lowest BCUT2D eigenvalue weighted by atomic mass is 9.45. The van der Waals surface area contributed by atoms with E-state index in [1.165, 1.54) is 6.42 Å². The summed E-state index contributed by atoms with van der Waals surface area (Å²) in [5.41, 5.74) is -3.23. The molecule has 4 aliphatic rings. The van der Waals surface area contributed by atoms with Crippen LogP contribution in [0.5, 0.6) is 0 Å². The number of rotatable bonds is 5. The maximum Gasteiger partial charge on any atom is 0.376 e. The zero-order valence-corrected chi connectivity index (χ0v) is 17.4. The van der Waals surface area contributed by atoms with E-state index < -0.39 is 35.7 Å². The van der Waals surface area contributed by atoms with Crippen molar-refractivity contribution in [1.29, 1.82) is 0 Å². The number of alkyl halides is 2. The molecule has 1 atom stereocenters. The first-order chi connectivity index (χ1) is 12.7. The molecule has 4 bridgehead atoms. The van der Waals surface area contributed by atoms with Gasteiger partial charge in [0.25, 0.3) is 0 Å². The molecule has 1 N–H and O–H groups in total. The number of hydrogen-bond donors (Lipinski definition) is 1. The number of halogens is 2. The van der Waals surface area contributed by atoms with Crippen molar-refractivity contribution in [3.63, 3.8) is 0 Å². The maximum absolute atomic E-state index is 13.0. The summed E-state index contributed by atoms with van der Waals surface area (Å²) < 4.78 is 36.6. The number of hydrogen-bond acceptors (Lipinski definition) is 5. The van der Waals surface area contributed by atoms with E-state index in [-0.39, 0.29) is 17.3 Å². The SMILES string of the molecule is CC(F)(F)C(=O)OCC(C)(O)C(=O)OC1(C(C)(C)C)C2CC3CC(C2)CC1C3. The van der Waals surface area contributed by atoms with E-state index >= 15 is 0 Å². The van der Waals surface area contributed by atoms with Gasteiger partial charge in [-0.3, -0.25) is 0 Å². The summed E-state index contributed by atoms with van der Waals surface area (Å²) in [6.07, 6.45) is 5.29. The summed E-state index contributed by atoms with van der Waals surface area (Å²) in [4.78, 5) is 24.2. The molecule has 160 valence electrons. The topological polar surface area (TPSA) is 72.8 Å². The van der Waals surface area contributed by atoms with Crippen LogP contribution in [-0.2, 0) is 19.1 Å². The minimum Gasteiger partial charge on any atom is -0.458 e. The third kappa shape index (κ3) is 3.55. The van der Waals surface area contributed by atoms with Gasteiger partial charge in [0, 0.05) is 24.2 Å². The van der Waals surface area contributed by atoms with Crippen molar-refractivity contribution < 1.29 is 33.0 Å². The van der Waals surface area contributed by atoms with Crippen LogP contribution in [0.1, 0.15) is 66.7 Å². The predicted octanol–water partition coefficient (Wildman–Crippen LogP) is 3.72. The van der Waals surface area contributed by atoms with Crippen LogP contribution >= 0.6 is 0 Å². The van der Waals surface area contributed by atoms with Crippen LogP contribution < -0.4 is 0 Å². The number of esters is 2. The van der Waals surface area contributed by atoms with Crippen molar-refractivity contribution in [2.24, 2.45) is 29.1 Å². The molecule has 4 fully saturated rings. The highest BCUT2D eigenvalue weighted by atomic mass is 19.3. The van der Waals surface area contributed by atoms with Crippen molar-refractivity contribution >= 4 is 11.9 Å². The second-order valence-corrected chi connectivity index (χ2v) is 10.5. The Kier molecular flexibility index (Phi) is 5.09. The van der Waals surface area contributed by atoms with Gasteiger partial charge < -0.3 is 14.6 Å². The highest BCUT2D eigenvalue weighted by Gasteiger charge is 2.64. The molecule has 0 aliphatic heterocycles. The monoisotopic (exact) mass is 402 g/mol. The molecule has 4 rings (SSSR count). The first-order valence-corrected chi connectivity index (χ1v) is 10.2. The fourth-order valence-corrected chi connectivity index (χ4v) is 6.08. The first kappa shape index (κ1) is 21.5. The van der Waals surface area contributed by atoms with Gasteiger partial charge in [0.1, 0.15) is 12.2 Å². The molecule has 4 saturated carbocycles. The summed E-state index contributed by atoms with van der Waals surface area (Å²) in [6, 6.07) is 0. The Bertz CT molecular complexity index is 616. The second-order valence-electron chi connectivity index (χ2n) is 10.5. The van der Waals surface area contributed by atoms with Gasteiger partial charge >= 0.3 is 17.9 Å². The Hall–Kier alpha value is -1.24. The fraction of sp³-hybridized carbons (Fsp3) is 0.905. The number of aliphatic hydroxyl groups is 1.